The van der Waals surface area contributed by atoms with Gasteiger partial charge in [-0.15, -0.1) is 0 Å². The van der Waals surface area contributed by atoms with Crippen LogP contribution < -0.4 is 4.74 Å². The fourth-order valence-electron chi connectivity index (χ4n) is 7.23. The SMILES string of the molecule is c1ccc(-c2ccc(-c3nc(-c4ccccc4)nc(-c4ccc(-c5cccc(-c6ccc7c(c6)Oc6cccc8cccc-7c68)c5)cc4)n3)cc2)cc1. The molecule has 1 aromatic heterocycles. The van der Waals surface area contributed by atoms with Crippen LogP contribution in [0.3, 0.4) is 0 Å². The molecule has 0 saturated heterocycles. The Morgan fingerprint density at radius 3 is 1.36 bits per heavy atom. The van der Waals surface area contributed by atoms with Crippen LogP contribution in [0.4, 0.5) is 0 Å². The van der Waals surface area contributed by atoms with Gasteiger partial charge in [0.05, 0.1) is 0 Å². The number of hydrogen-bond acceptors (Lipinski definition) is 4. The second-order valence-corrected chi connectivity index (χ2v) is 13.2. The van der Waals surface area contributed by atoms with Crippen molar-refractivity contribution in [3.63, 3.8) is 0 Å². The number of fused-ring (bicyclic) bond motifs is 2. The third kappa shape index (κ3) is 5.73. The lowest BCUT2D eigenvalue weighted by atomic mass is 9.92. The van der Waals surface area contributed by atoms with Gasteiger partial charge >= 0.3 is 0 Å². The van der Waals surface area contributed by atoms with Gasteiger partial charge in [-0.2, -0.15) is 0 Å². The van der Waals surface area contributed by atoms with E-state index in [1.54, 1.807) is 0 Å². The van der Waals surface area contributed by atoms with Crippen molar-refractivity contribution in [2.24, 2.45) is 0 Å². The number of aromatic nitrogens is 3. The predicted molar refractivity (Wildman–Crippen MR) is 215 cm³/mol. The Labute approximate surface area is 307 Å². The molecule has 0 unspecified atom stereocenters. The fraction of sp³-hybridized carbons (Fsp3) is 0. The highest BCUT2D eigenvalue weighted by atomic mass is 16.5. The molecule has 1 aliphatic heterocycles. The van der Waals surface area contributed by atoms with Gasteiger partial charge in [-0.1, -0.05) is 164 Å². The highest BCUT2D eigenvalue weighted by Gasteiger charge is 2.20. The monoisotopic (exact) mass is 677 g/mol. The van der Waals surface area contributed by atoms with Crippen LogP contribution in [0, 0.1) is 0 Å². The maximum Gasteiger partial charge on any atom is 0.164 e. The molecule has 0 saturated carbocycles. The number of hydrogen-bond donors (Lipinski definition) is 0. The van der Waals surface area contributed by atoms with Crippen LogP contribution in [0.1, 0.15) is 0 Å². The topological polar surface area (TPSA) is 47.9 Å². The molecule has 0 spiro atoms. The van der Waals surface area contributed by atoms with E-state index in [1.165, 1.54) is 21.9 Å². The van der Waals surface area contributed by atoms with Crippen molar-refractivity contribution in [3.05, 3.63) is 188 Å². The lowest BCUT2D eigenvalue weighted by Gasteiger charge is -2.22. The molecule has 4 heteroatoms. The number of rotatable bonds is 6. The van der Waals surface area contributed by atoms with E-state index >= 15 is 0 Å². The zero-order chi connectivity index (χ0) is 35.1. The maximum absolute atomic E-state index is 6.46. The number of benzene rings is 8. The van der Waals surface area contributed by atoms with Crippen LogP contribution >= 0.6 is 0 Å². The molecular formula is C49H31N3O. The third-order valence-corrected chi connectivity index (χ3v) is 9.95. The quantitative estimate of drug-likeness (QED) is 0.176. The molecule has 4 nitrogen and oxygen atoms in total. The zero-order valence-corrected chi connectivity index (χ0v) is 28.6. The van der Waals surface area contributed by atoms with Crippen molar-refractivity contribution >= 4 is 10.8 Å². The van der Waals surface area contributed by atoms with Gasteiger partial charge in [-0.05, 0) is 68.6 Å². The second-order valence-electron chi connectivity index (χ2n) is 13.2. The largest absolute Gasteiger partial charge is 0.456 e. The van der Waals surface area contributed by atoms with Crippen molar-refractivity contribution < 1.29 is 4.74 Å². The molecule has 53 heavy (non-hydrogen) atoms. The van der Waals surface area contributed by atoms with E-state index in [9.17, 15) is 0 Å². The molecular weight excluding hydrogens is 647 g/mol. The van der Waals surface area contributed by atoms with E-state index < -0.39 is 0 Å². The Bertz CT molecular complexity index is 2770. The highest BCUT2D eigenvalue weighted by Crippen LogP contribution is 2.47. The van der Waals surface area contributed by atoms with Gasteiger partial charge in [0, 0.05) is 27.6 Å². The molecule has 0 amide bonds. The van der Waals surface area contributed by atoms with Gasteiger partial charge in [0.1, 0.15) is 11.5 Å². The average molecular weight is 678 g/mol. The van der Waals surface area contributed by atoms with Crippen LogP contribution in [0.5, 0.6) is 11.5 Å². The molecule has 0 fully saturated rings. The van der Waals surface area contributed by atoms with Gasteiger partial charge in [0.2, 0.25) is 0 Å². The molecule has 1 aliphatic rings. The summed E-state index contributed by atoms with van der Waals surface area (Å²) in [7, 11) is 0. The van der Waals surface area contributed by atoms with Gasteiger partial charge in [0.25, 0.3) is 0 Å². The van der Waals surface area contributed by atoms with Gasteiger partial charge in [-0.3, -0.25) is 0 Å². The number of ether oxygens (including phenoxy) is 1. The van der Waals surface area contributed by atoms with Gasteiger partial charge < -0.3 is 4.74 Å². The van der Waals surface area contributed by atoms with Crippen molar-refractivity contribution in [3.8, 4) is 90.2 Å². The summed E-state index contributed by atoms with van der Waals surface area (Å²) in [6.07, 6.45) is 0. The van der Waals surface area contributed by atoms with Crippen molar-refractivity contribution in [1.29, 1.82) is 0 Å². The normalized spacial score (nSPS) is 11.5. The first-order chi connectivity index (χ1) is 26.2. The Balaban J connectivity index is 0.968. The predicted octanol–water partition coefficient (Wildman–Crippen LogP) is 12.8. The maximum atomic E-state index is 6.46. The van der Waals surface area contributed by atoms with E-state index in [0.717, 1.165) is 61.6 Å². The minimum Gasteiger partial charge on any atom is -0.456 e. The molecule has 8 aromatic carbocycles. The van der Waals surface area contributed by atoms with E-state index in [1.807, 2.05) is 36.4 Å². The Kier molecular flexibility index (Phi) is 7.43. The van der Waals surface area contributed by atoms with E-state index in [0.29, 0.717) is 17.5 Å². The Morgan fingerprint density at radius 2 is 0.717 bits per heavy atom. The molecule has 0 atom stereocenters. The summed E-state index contributed by atoms with van der Waals surface area (Å²) in [5.41, 5.74) is 11.9. The van der Waals surface area contributed by atoms with E-state index in [2.05, 4.69) is 152 Å². The molecule has 248 valence electrons. The molecule has 0 N–H and O–H groups in total. The van der Waals surface area contributed by atoms with Gasteiger partial charge in [-0.25, -0.2) is 15.0 Å². The fourth-order valence-corrected chi connectivity index (χ4v) is 7.23. The third-order valence-electron chi connectivity index (χ3n) is 9.95. The summed E-state index contributed by atoms with van der Waals surface area (Å²) in [4.78, 5) is 14.9. The van der Waals surface area contributed by atoms with Crippen molar-refractivity contribution in [1.82, 2.24) is 15.0 Å². The molecule has 9 aromatic rings. The molecule has 10 rings (SSSR count). The molecule has 0 radical (unpaired) electrons. The Morgan fingerprint density at radius 1 is 0.283 bits per heavy atom. The minimum atomic E-state index is 0.632. The minimum absolute atomic E-state index is 0.632. The summed E-state index contributed by atoms with van der Waals surface area (Å²) < 4.78 is 6.46. The smallest absolute Gasteiger partial charge is 0.164 e. The summed E-state index contributed by atoms with van der Waals surface area (Å²) in [5, 5.41) is 2.36. The summed E-state index contributed by atoms with van der Waals surface area (Å²) in [6.45, 7) is 0. The first-order valence-electron chi connectivity index (χ1n) is 17.8. The van der Waals surface area contributed by atoms with Crippen LogP contribution in [0.2, 0.25) is 0 Å². The summed E-state index contributed by atoms with van der Waals surface area (Å²) in [6, 6.07) is 65.2. The van der Waals surface area contributed by atoms with Crippen molar-refractivity contribution in [2.45, 2.75) is 0 Å². The standard InChI is InChI=1S/C49H31N3O/c1-3-10-32(11-4-1)33-20-24-37(25-21-33)48-50-47(36-12-5-2-6-13-36)51-49(52-48)38-26-22-34(23-27-38)39-16-7-17-40(30-39)41-28-29-42-43-18-8-14-35-15-9-19-44(46(35)43)53-45(42)31-41/h1-31H. The second kappa shape index (κ2) is 12.9. The lowest BCUT2D eigenvalue weighted by molar-refractivity contribution is 0.487. The molecule has 2 heterocycles. The first-order valence-corrected chi connectivity index (χ1v) is 17.8. The van der Waals surface area contributed by atoms with Crippen LogP contribution in [-0.2, 0) is 0 Å². The summed E-state index contributed by atoms with van der Waals surface area (Å²) in [5.74, 6) is 3.69. The molecule has 0 bridgehead atoms. The van der Waals surface area contributed by atoms with E-state index in [-0.39, 0.29) is 0 Å². The highest BCUT2D eigenvalue weighted by molar-refractivity contribution is 6.04. The van der Waals surface area contributed by atoms with E-state index in [4.69, 9.17) is 19.7 Å². The average Bonchev–Trinajstić information content (AvgIpc) is 3.24. The van der Waals surface area contributed by atoms with Gasteiger partial charge in [0.15, 0.2) is 17.5 Å². The van der Waals surface area contributed by atoms with Crippen LogP contribution in [0.15, 0.2) is 188 Å². The summed E-state index contributed by atoms with van der Waals surface area (Å²) >= 11 is 0. The van der Waals surface area contributed by atoms with Crippen LogP contribution in [0.25, 0.3) is 89.4 Å². The lowest BCUT2D eigenvalue weighted by Crippen LogP contribution is -2.00. The molecule has 0 aliphatic carbocycles. The van der Waals surface area contributed by atoms with Crippen LogP contribution in [-0.4, -0.2) is 15.0 Å². The first kappa shape index (κ1) is 30.6. The number of nitrogens with zero attached hydrogens (tertiary/aromatic N) is 3. The zero-order valence-electron chi connectivity index (χ0n) is 28.6. The Hall–Kier alpha value is -7.17. The van der Waals surface area contributed by atoms with Crippen molar-refractivity contribution in [2.75, 3.05) is 0 Å².